The van der Waals surface area contributed by atoms with E-state index in [9.17, 15) is 14.7 Å². The van der Waals surface area contributed by atoms with Crippen molar-refractivity contribution in [3.8, 4) is 0 Å². The molecule has 2 fully saturated rings. The van der Waals surface area contributed by atoms with Crippen molar-refractivity contribution in [2.24, 2.45) is 5.92 Å². The molecule has 0 radical (unpaired) electrons. The molecule has 0 aromatic carbocycles. The Morgan fingerprint density at radius 2 is 2.08 bits per heavy atom. The van der Waals surface area contributed by atoms with Gasteiger partial charge in [-0.1, -0.05) is 19.1 Å². The highest BCUT2D eigenvalue weighted by Crippen LogP contribution is 2.39. The lowest BCUT2D eigenvalue weighted by Gasteiger charge is -2.29. The van der Waals surface area contributed by atoms with Gasteiger partial charge < -0.3 is 15.3 Å². The summed E-state index contributed by atoms with van der Waals surface area (Å²) in [4.78, 5) is 26.6. The maximum atomic E-state index is 13.1. The highest BCUT2D eigenvalue weighted by molar-refractivity contribution is 5.89. The van der Waals surface area contributed by atoms with Crippen LogP contribution in [0, 0.1) is 5.92 Å². The average Bonchev–Trinajstić information content (AvgIpc) is 3.15. The van der Waals surface area contributed by atoms with Crippen molar-refractivity contribution in [3.05, 3.63) is 11.9 Å². The largest absolute Gasteiger partial charge is 0.391 e. The van der Waals surface area contributed by atoms with Crippen molar-refractivity contribution in [2.75, 3.05) is 13.6 Å². The van der Waals surface area contributed by atoms with E-state index < -0.39 is 18.2 Å². The van der Waals surface area contributed by atoms with E-state index in [1.54, 1.807) is 4.68 Å². The van der Waals surface area contributed by atoms with E-state index in [2.05, 4.69) is 15.6 Å². The Morgan fingerprint density at radius 1 is 1.38 bits per heavy atom. The lowest BCUT2D eigenvalue weighted by atomic mass is 10.0. The van der Waals surface area contributed by atoms with Crippen molar-refractivity contribution in [1.82, 2.24) is 25.2 Å². The Hall–Kier alpha value is -1.96. The van der Waals surface area contributed by atoms with Crippen LogP contribution < -0.4 is 5.32 Å². The molecule has 1 aromatic rings. The Balaban J connectivity index is 1.84. The molecule has 0 bridgehead atoms. The third-order valence-corrected chi connectivity index (χ3v) is 4.80. The zero-order valence-electron chi connectivity index (χ0n) is 14.3. The van der Waals surface area contributed by atoms with E-state index in [1.165, 1.54) is 11.9 Å². The normalized spacial score (nSPS) is 25.1. The molecule has 132 valence electrons. The zero-order valence-corrected chi connectivity index (χ0v) is 14.3. The van der Waals surface area contributed by atoms with Crippen LogP contribution in [0.4, 0.5) is 0 Å². The number of likely N-dealkylation sites (tertiary alicyclic amines) is 1. The van der Waals surface area contributed by atoms with Crippen molar-refractivity contribution in [3.63, 3.8) is 0 Å². The van der Waals surface area contributed by atoms with E-state index in [4.69, 9.17) is 0 Å². The molecule has 8 nitrogen and oxygen atoms in total. The standard InChI is InChI=1S/C16H25N5O3/c1-9(2)14(21-8-12(18-19-21)10-4-5-10)16(24)20-7-11(22)6-13(20)15(23)17-3/h8-11,13-14,22H,4-7H2,1-3H3,(H,17,23)/t11-,13+,14-/m1/s1. The highest BCUT2D eigenvalue weighted by atomic mass is 16.3. The summed E-state index contributed by atoms with van der Waals surface area (Å²) in [6, 6.07) is -1.16. The Morgan fingerprint density at radius 3 is 2.67 bits per heavy atom. The van der Waals surface area contributed by atoms with Crippen molar-refractivity contribution >= 4 is 11.8 Å². The number of carbonyl (C=O) groups excluding carboxylic acids is 2. The van der Waals surface area contributed by atoms with Gasteiger partial charge >= 0.3 is 0 Å². The molecule has 2 heterocycles. The molecular formula is C16H25N5O3. The molecule has 8 heteroatoms. The molecule has 2 amide bonds. The van der Waals surface area contributed by atoms with Crippen LogP contribution in [-0.4, -0.2) is 62.6 Å². The van der Waals surface area contributed by atoms with Crippen molar-refractivity contribution in [1.29, 1.82) is 0 Å². The van der Waals surface area contributed by atoms with Gasteiger partial charge in [-0.25, -0.2) is 4.68 Å². The van der Waals surface area contributed by atoms with Gasteiger partial charge in [0.1, 0.15) is 12.1 Å². The van der Waals surface area contributed by atoms with Gasteiger partial charge in [-0.05, 0) is 18.8 Å². The number of rotatable bonds is 5. The fourth-order valence-corrected chi connectivity index (χ4v) is 3.34. The number of likely N-dealkylation sites (N-methyl/N-ethyl adjacent to an activating group) is 1. The third-order valence-electron chi connectivity index (χ3n) is 4.80. The van der Waals surface area contributed by atoms with Gasteiger partial charge in [0.05, 0.1) is 11.8 Å². The van der Waals surface area contributed by atoms with Crippen LogP contribution in [0.25, 0.3) is 0 Å². The maximum absolute atomic E-state index is 13.1. The van der Waals surface area contributed by atoms with E-state index in [0.29, 0.717) is 5.92 Å². The lowest BCUT2D eigenvalue weighted by molar-refractivity contribution is -0.142. The first-order valence-corrected chi connectivity index (χ1v) is 8.54. The van der Waals surface area contributed by atoms with Gasteiger partial charge in [-0.3, -0.25) is 9.59 Å². The number of aliphatic hydroxyl groups is 1. The van der Waals surface area contributed by atoms with Gasteiger partial charge in [0.2, 0.25) is 11.8 Å². The predicted molar refractivity (Wildman–Crippen MR) is 86.1 cm³/mol. The number of hydrogen-bond donors (Lipinski definition) is 2. The molecule has 1 saturated heterocycles. The van der Waals surface area contributed by atoms with Gasteiger partial charge in [0, 0.05) is 32.1 Å². The fraction of sp³-hybridized carbons (Fsp3) is 0.750. The maximum Gasteiger partial charge on any atom is 0.248 e. The second kappa shape index (κ2) is 6.51. The highest BCUT2D eigenvalue weighted by Gasteiger charge is 2.42. The molecule has 3 atom stereocenters. The molecule has 1 aromatic heterocycles. The van der Waals surface area contributed by atoms with E-state index >= 15 is 0 Å². The summed E-state index contributed by atoms with van der Waals surface area (Å²) in [7, 11) is 1.54. The Kier molecular flexibility index (Phi) is 4.58. The number of aromatic nitrogens is 3. The van der Waals surface area contributed by atoms with Crippen LogP contribution in [0.2, 0.25) is 0 Å². The number of carbonyl (C=O) groups is 2. The lowest BCUT2D eigenvalue weighted by Crippen LogP contribution is -2.48. The summed E-state index contributed by atoms with van der Waals surface area (Å²) in [5, 5.41) is 20.8. The second-order valence-electron chi connectivity index (χ2n) is 7.10. The minimum Gasteiger partial charge on any atom is -0.391 e. The molecule has 0 unspecified atom stereocenters. The fourth-order valence-electron chi connectivity index (χ4n) is 3.34. The van der Waals surface area contributed by atoms with Crippen LogP contribution >= 0.6 is 0 Å². The van der Waals surface area contributed by atoms with Crippen molar-refractivity contribution in [2.45, 2.75) is 57.2 Å². The van der Waals surface area contributed by atoms with Gasteiger partial charge in [0.15, 0.2) is 0 Å². The number of nitrogens with one attached hydrogen (secondary N) is 1. The quantitative estimate of drug-likeness (QED) is 0.792. The summed E-state index contributed by atoms with van der Waals surface area (Å²) >= 11 is 0. The Bertz CT molecular complexity index is 625. The number of nitrogens with zero attached hydrogens (tertiary/aromatic N) is 4. The van der Waals surface area contributed by atoms with E-state index in [0.717, 1.165) is 18.5 Å². The van der Waals surface area contributed by atoms with Crippen LogP contribution in [-0.2, 0) is 9.59 Å². The SMILES string of the molecule is CNC(=O)[C@@H]1C[C@@H](O)CN1C(=O)[C@@H](C(C)C)n1cc(C2CC2)nn1. The van der Waals surface area contributed by atoms with E-state index in [1.807, 2.05) is 20.0 Å². The summed E-state index contributed by atoms with van der Waals surface area (Å²) in [5.41, 5.74) is 0.928. The zero-order chi connectivity index (χ0) is 17.4. The number of β-amino-alcohol motifs (C(OH)–C–C–N with tert-alkyl or cyclic N) is 1. The summed E-state index contributed by atoms with van der Waals surface area (Å²) in [6.45, 7) is 4.06. The van der Waals surface area contributed by atoms with Crippen molar-refractivity contribution < 1.29 is 14.7 Å². The summed E-state index contributed by atoms with van der Waals surface area (Å²) in [6.07, 6.45) is 3.68. The van der Waals surface area contributed by atoms with Crippen LogP contribution in [0.5, 0.6) is 0 Å². The van der Waals surface area contributed by atoms with Gasteiger partial charge in [-0.15, -0.1) is 5.10 Å². The summed E-state index contributed by atoms with van der Waals surface area (Å²) < 4.78 is 1.62. The number of hydrogen-bond acceptors (Lipinski definition) is 5. The van der Waals surface area contributed by atoms with Gasteiger partial charge in [-0.2, -0.15) is 0 Å². The van der Waals surface area contributed by atoms with Crippen LogP contribution in [0.15, 0.2) is 6.20 Å². The molecule has 2 N–H and O–H groups in total. The summed E-state index contributed by atoms with van der Waals surface area (Å²) in [5.74, 6) is 0.0188. The van der Waals surface area contributed by atoms with Crippen LogP contribution in [0.3, 0.4) is 0 Å². The molecule has 24 heavy (non-hydrogen) atoms. The third kappa shape index (κ3) is 3.15. The topological polar surface area (TPSA) is 100 Å². The molecule has 0 spiro atoms. The minimum absolute atomic E-state index is 0.00525. The smallest absolute Gasteiger partial charge is 0.248 e. The number of aliphatic hydroxyl groups excluding tert-OH is 1. The van der Waals surface area contributed by atoms with Gasteiger partial charge in [0.25, 0.3) is 0 Å². The molecule has 3 rings (SSSR count). The second-order valence-corrected chi connectivity index (χ2v) is 7.10. The molecule has 2 aliphatic rings. The molecule has 1 saturated carbocycles. The first kappa shape index (κ1) is 16.9. The first-order chi connectivity index (χ1) is 11.4. The number of amides is 2. The van der Waals surface area contributed by atoms with Crippen LogP contribution in [0.1, 0.15) is 50.8 Å². The van der Waals surface area contributed by atoms with E-state index in [-0.39, 0.29) is 30.7 Å². The Labute approximate surface area is 141 Å². The molecule has 1 aliphatic heterocycles. The average molecular weight is 335 g/mol. The predicted octanol–water partition coefficient (Wildman–Crippen LogP) is 0.0604. The molecule has 1 aliphatic carbocycles. The first-order valence-electron chi connectivity index (χ1n) is 8.54. The molecular weight excluding hydrogens is 310 g/mol. The minimum atomic E-state index is -0.679. The monoisotopic (exact) mass is 335 g/mol.